The summed E-state index contributed by atoms with van der Waals surface area (Å²) in [5.41, 5.74) is -3.55. The quantitative estimate of drug-likeness (QED) is 0.478. The summed E-state index contributed by atoms with van der Waals surface area (Å²) in [4.78, 5) is 11.5. The molecule has 3 rings (SSSR count). The Hall–Kier alpha value is -2.92. The molecule has 2 N–H and O–H groups in total. The van der Waals surface area contributed by atoms with E-state index in [1.54, 1.807) is 6.92 Å². The number of halogens is 7. The molecule has 0 bridgehead atoms. The van der Waals surface area contributed by atoms with Crippen LogP contribution in [0.1, 0.15) is 20.8 Å². The number of sulfonamides is 1. The number of nitrogens with one attached hydrogen (secondary N) is 1. The molecule has 212 valence electrons. The van der Waals surface area contributed by atoms with Crippen molar-refractivity contribution in [1.82, 2.24) is 9.78 Å². The molecule has 1 amide bonds. The molecule has 10 nitrogen and oxygen atoms in total. The van der Waals surface area contributed by atoms with Gasteiger partial charge >= 0.3 is 18.4 Å². The van der Waals surface area contributed by atoms with Crippen LogP contribution >= 0.6 is 11.6 Å². The van der Waals surface area contributed by atoms with E-state index in [0.29, 0.717) is 18.2 Å². The maximum Gasteiger partial charge on any atom is 0.427 e. The van der Waals surface area contributed by atoms with E-state index in [2.05, 4.69) is 9.84 Å². The van der Waals surface area contributed by atoms with E-state index >= 15 is 0 Å². The van der Waals surface area contributed by atoms with Crippen LogP contribution in [0.2, 0.25) is 5.15 Å². The summed E-state index contributed by atoms with van der Waals surface area (Å²) in [5.74, 6) is -0.443. The van der Waals surface area contributed by atoms with Crippen molar-refractivity contribution in [1.29, 1.82) is 0 Å². The highest BCUT2D eigenvalue weighted by molar-refractivity contribution is 7.93. The van der Waals surface area contributed by atoms with Crippen LogP contribution in [0.15, 0.2) is 29.3 Å². The van der Waals surface area contributed by atoms with Gasteiger partial charge in [-0.1, -0.05) is 11.6 Å². The number of carbonyl (C=O) groups is 1. The number of benzene rings is 1. The first-order chi connectivity index (χ1) is 17.3. The lowest BCUT2D eigenvalue weighted by Gasteiger charge is -2.37. The number of aliphatic hydroxyl groups excluding tert-OH is 1. The molecule has 0 saturated heterocycles. The Balaban J connectivity index is 2.03. The van der Waals surface area contributed by atoms with Gasteiger partial charge in [0, 0.05) is 18.4 Å². The smallest absolute Gasteiger partial charge is 0.427 e. The molecule has 0 radical (unpaired) electrons. The van der Waals surface area contributed by atoms with Crippen molar-refractivity contribution in [2.24, 2.45) is 0 Å². The minimum atomic E-state index is -5.17. The fourth-order valence-corrected chi connectivity index (χ4v) is 5.15. The maximum absolute atomic E-state index is 13.5. The lowest BCUT2D eigenvalue weighted by Crippen LogP contribution is -2.53. The average Bonchev–Trinajstić information content (AvgIpc) is 3.17. The number of hydrogen-bond acceptors (Lipinski definition) is 7. The molecule has 1 aromatic heterocycles. The summed E-state index contributed by atoms with van der Waals surface area (Å²) in [6, 6.07) is 2.92. The second-order valence-corrected chi connectivity index (χ2v) is 10.7. The van der Waals surface area contributed by atoms with Gasteiger partial charge in [0.1, 0.15) is 10.6 Å². The molecular formula is C20H21ClF6N4O6S. The molecule has 1 aliphatic rings. The van der Waals surface area contributed by atoms with E-state index in [9.17, 15) is 44.7 Å². The predicted molar refractivity (Wildman–Crippen MR) is 121 cm³/mol. The van der Waals surface area contributed by atoms with Gasteiger partial charge in [0.2, 0.25) is 5.60 Å². The molecule has 0 unspecified atom stereocenters. The molecule has 18 heteroatoms. The first-order valence-corrected chi connectivity index (χ1v) is 12.5. The maximum atomic E-state index is 13.5. The highest BCUT2D eigenvalue weighted by Gasteiger charge is 2.51. The molecule has 1 aliphatic heterocycles. The van der Waals surface area contributed by atoms with E-state index in [4.69, 9.17) is 16.3 Å². The van der Waals surface area contributed by atoms with Crippen LogP contribution in [0, 0.1) is 0 Å². The zero-order valence-corrected chi connectivity index (χ0v) is 21.3. The van der Waals surface area contributed by atoms with Crippen LogP contribution in [0.4, 0.5) is 42.5 Å². The first-order valence-electron chi connectivity index (χ1n) is 10.7. The van der Waals surface area contributed by atoms with Crippen LogP contribution in [-0.2, 0) is 21.3 Å². The SMILES string of the molecule is CCn1cc(S(=O)(=O)N2C[C@H]([C@@H](O)C(F)(F)F)Oc3ccc(NC(=O)OC(C)(C)C(F)(F)F)cc32)c(Cl)n1. The second kappa shape index (κ2) is 10.00. The molecule has 2 atom stereocenters. The molecule has 0 aliphatic carbocycles. The zero-order valence-electron chi connectivity index (χ0n) is 19.8. The van der Waals surface area contributed by atoms with Crippen molar-refractivity contribution in [3.8, 4) is 5.75 Å². The molecule has 38 heavy (non-hydrogen) atoms. The number of anilines is 2. The summed E-state index contributed by atoms with van der Waals surface area (Å²) in [6.07, 6.45) is -15.8. The van der Waals surface area contributed by atoms with Crippen molar-refractivity contribution in [2.75, 3.05) is 16.2 Å². The minimum absolute atomic E-state index is 0.203. The number of amides is 1. The van der Waals surface area contributed by atoms with E-state index in [-0.39, 0.29) is 12.2 Å². The van der Waals surface area contributed by atoms with Crippen LogP contribution in [0.25, 0.3) is 0 Å². The Kier molecular flexibility index (Phi) is 7.80. The Morgan fingerprint density at radius 3 is 2.45 bits per heavy atom. The normalized spacial score (nSPS) is 17.4. The Bertz CT molecular complexity index is 1310. The Labute approximate surface area is 217 Å². The first kappa shape index (κ1) is 29.6. The summed E-state index contributed by atoms with van der Waals surface area (Å²) in [6.45, 7) is 1.99. The number of ether oxygens (including phenoxy) is 2. The third kappa shape index (κ3) is 5.88. The highest BCUT2D eigenvalue weighted by Crippen LogP contribution is 2.42. The molecule has 0 spiro atoms. The predicted octanol–water partition coefficient (Wildman–Crippen LogP) is 4.33. The number of aromatic nitrogens is 2. The summed E-state index contributed by atoms with van der Waals surface area (Å²) >= 11 is 5.96. The van der Waals surface area contributed by atoms with Gasteiger partial charge in [0.15, 0.2) is 17.4 Å². The highest BCUT2D eigenvalue weighted by atomic mass is 35.5. The standard InChI is InChI=1S/C20H21ClF6N4O6S/c1-4-30-9-14(16(21)29-30)38(34,35)31-8-13(15(32)19(22,23)24)36-12-6-5-10(7-11(12)31)28-17(33)37-18(2,3)20(25,26)27/h5-7,9,13,15,32H,4,8H2,1-3H3,(H,28,33)/t13-,15-/m1/s1. The number of alkyl halides is 6. The van der Waals surface area contributed by atoms with Gasteiger partial charge in [-0.3, -0.25) is 14.3 Å². The number of aryl methyl sites for hydroxylation is 1. The molecule has 0 saturated carbocycles. The molecule has 2 aromatic rings. The van der Waals surface area contributed by atoms with Crippen molar-refractivity contribution in [3.05, 3.63) is 29.5 Å². The van der Waals surface area contributed by atoms with E-state index in [1.807, 2.05) is 5.32 Å². The van der Waals surface area contributed by atoms with Gasteiger partial charge in [0.05, 0.1) is 12.2 Å². The van der Waals surface area contributed by atoms with Crippen LogP contribution < -0.4 is 14.4 Å². The largest absolute Gasteiger partial charge is 0.483 e. The van der Waals surface area contributed by atoms with Gasteiger partial charge < -0.3 is 14.6 Å². The molecule has 2 heterocycles. The fourth-order valence-electron chi connectivity index (χ4n) is 3.22. The topological polar surface area (TPSA) is 123 Å². The number of fused-ring (bicyclic) bond motifs is 1. The van der Waals surface area contributed by atoms with Crippen molar-refractivity contribution in [2.45, 2.75) is 62.4 Å². The molecule has 1 aromatic carbocycles. The number of nitrogens with zero attached hydrogens (tertiary/aromatic N) is 3. The van der Waals surface area contributed by atoms with Gasteiger partial charge in [0.25, 0.3) is 10.0 Å². The van der Waals surface area contributed by atoms with E-state index in [0.717, 1.165) is 29.1 Å². The lowest BCUT2D eigenvalue weighted by atomic mass is 10.1. The van der Waals surface area contributed by atoms with Gasteiger partial charge in [-0.15, -0.1) is 0 Å². The van der Waals surface area contributed by atoms with E-state index < -0.39 is 74.3 Å². The van der Waals surface area contributed by atoms with Crippen molar-refractivity contribution >= 4 is 39.1 Å². The zero-order chi connectivity index (χ0) is 28.8. The summed E-state index contributed by atoms with van der Waals surface area (Å²) in [5, 5.41) is 15.1. The number of aliphatic hydroxyl groups is 1. The third-order valence-electron chi connectivity index (χ3n) is 5.39. The van der Waals surface area contributed by atoms with Crippen LogP contribution in [0.3, 0.4) is 0 Å². The summed E-state index contributed by atoms with van der Waals surface area (Å²) < 4.78 is 117. The van der Waals surface area contributed by atoms with E-state index in [1.165, 1.54) is 0 Å². The van der Waals surface area contributed by atoms with Gasteiger partial charge in [-0.25, -0.2) is 13.2 Å². The Morgan fingerprint density at radius 1 is 1.29 bits per heavy atom. The molecular weight excluding hydrogens is 574 g/mol. The van der Waals surface area contributed by atoms with Gasteiger partial charge in [-0.05, 0) is 39.0 Å². The summed E-state index contributed by atoms with van der Waals surface area (Å²) in [7, 11) is -4.73. The number of carbonyl (C=O) groups excluding carboxylic acids is 1. The van der Waals surface area contributed by atoms with Crippen molar-refractivity contribution < 1.29 is 54.1 Å². The van der Waals surface area contributed by atoms with Gasteiger partial charge in [-0.2, -0.15) is 31.4 Å². The second-order valence-electron chi connectivity index (χ2n) is 8.52. The Morgan fingerprint density at radius 2 is 1.92 bits per heavy atom. The van der Waals surface area contributed by atoms with Crippen molar-refractivity contribution in [3.63, 3.8) is 0 Å². The number of hydrogen-bond donors (Lipinski definition) is 2. The fraction of sp³-hybridized carbons (Fsp3) is 0.500. The number of rotatable bonds is 6. The van der Waals surface area contributed by atoms with Crippen LogP contribution in [-0.4, -0.2) is 66.1 Å². The minimum Gasteiger partial charge on any atom is -0.483 e. The molecule has 0 fully saturated rings. The van der Waals surface area contributed by atoms with Crippen LogP contribution in [0.5, 0.6) is 5.75 Å². The third-order valence-corrected chi connectivity index (χ3v) is 7.57. The average molecular weight is 595 g/mol. The monoisotopic (exact) mass is 594 g/mol. The lowest BCUT2D eigenvalue weighted by molar-refractivity contribution is -0.242.